The molecule has 0 unspecified atom stereocenters. The standard InChI is InChI=1S/C21H31N5O3S/c1-5-7-10-26-20(16(6-2)25(3)4)23-24-21(26)30-13-19(27)22-12-15-8-9-17-18(11-15)29-14-28-17/h8-9,11,16H,5-7,10,12-14H2,1-4H3,(H,22,27)/p+1/t16-/m1/s1. The van der Waals surface area contributed by atoms with Crippen molar-refractivity contribution in [3.8, 4) is 11.5 Å². The first-order valence-corrected chi connectivity index (χ1v) is 11.5. The Labute approximate surface area is 182 Å². The number of amides is 1. The SMILES string of the molecule is CCCCn1c(SCC(=O)NCc2ccc3c(c2)OCO3)nnc1[C@@H](CC)[NH+](C)C. The van der Waals surface area contributed by atoms with Crippen molar-refractivity contribution >= 4 is 17.7 Å². The molecule has 9 heteroatoms. The van der Waals surface area contributed by atoms with Gasteiger partial charge in [-0.2, -0.15) is 0 Å². The average Bonchev–Trinajstić information content (AvgIpc) is 3.36. The molecule has 2 N–H and O–H groups in total. The van der Waals surface area contributed by atoms with Crippen molar-refractivity contribution in [3.63, 3.8) is 0 Å². The van der Waals surface area contributed by atoms with Gasteiger partial charge >= 0.3 is 0 Å². The Bertz CT molecular complexity index is 855. The minimum atomic E-state index is -0.0328. The van der Waals surface area contributed by atoms with Gasteiger partial charge in [0.25, 0.3) is 0 Å². The zero-order chi connectivity index (χ0) is 21.5. The number of ether oxygens (including phenoxy) is 2. The molecule has 8 nitrogen and oxygen atoms in total. The summed E-state index contributed by atoms with van der Waals surface area (Å²) in [4.78, 5) is 13.7. The number of hydrogen-bond donors (Lipinski definition) is 2. The van der Waals surface area contributed by atoms with Crippen molar-refractivity contribution in [1.29, 1.82) is 0 Å². The van der Waals surface area contributed by atoms with Crippen molar-refractivity contribution in [2.75, 3.05) is 26.6 Å². The number of nitrogens with one attached hydrogen (secondary N) is 2. The minimum Gasteiger partial charge on any atom is -0.454 e. The molecule has 2 aromatic rings. The summed E-state index contributed by atoms with van der Waals surface area (Å²) in [7, 11) is 4.28. The summed E-state index contributed by atoms with van der Waals surface area (Å²) < 4.78 is 12.9. The van der Waals surface area contributed by atoms with Crippen LogP contribution in [0.25, 0.3) is 0 Å². The van der Waals surface area contributed by atoms with Crippen LogP contribution in [-0.2, 0) is 17.9 Å². The summed E-state index contributed by atoms with van der Waals surface area (Å²) in [6, 6.07) is 6.00. The summed E-state index contributed by atoms with van der Waals surface area (Å²) in [6.07, 6.45) is 3.16. The molecule has 0 aliphatic carbocycles. The van der Waals surface area contributed by atoms with Gasteiger partial charge in [0.2, 0.25) is 12.7 Å². The van der Waals surface area contributed by atoms with Gasteiger partial charge in [-0.25, -0.2) is 0 Å². The van der Waals surface area contributed by atoms with Crippen LogP contribution in [0, 0.1) is 0 Å². The topological polar surface area (TPSA) is 82.7 Å². The van der Waals surface area contributed by atoms with E-state index in [-0.39, 0.29) is 12.7 Å². The lowest BCUT2D eigenvalue weighted by Crippen LogP contribution is -3.06. The van der Waals surface area contributed by atoms with Gasteiger partial charge in [-0.3, -0.25) is 4.79 Å². The maximum absolute atomic E-state index is 12.4. The molecule has 0 spiro atoms. The van der Waals surface area contributed by atoms with Crippen molar-refractivity contribution in [2.45, 2.75) is 57.4 Å². The number of fused-ring (bicyclic) bond motifs is 1. The van der Waals surface area contributed by atoms with E-state index in [0.29, 0.717) is 18.3 Å². The lowest BCUT2D eigenvalue weighted by Gasteiger charge is -2.20. The van der Waals surface area contributed by atoms with Gasteiger partial charge in [0.1, 0.15) is 6.04 Å². The first-order valence-electron chi connectivity index (χ1n) is 10.5. The van der Waals surface area contributed by atoms with Crippen molar-refractivity contribution in [3.05, 3.63) is 29.6 Å². The van der Waals surface area contributed by atoms with Gasteiger partial charge < -0.3 is 24.3 Å². The predicted molar refractivity (Wildman–Crippen MR) is 116 cm³/mol. The first-order chi connectivity index (χ1) is 14.5. The van der Waals surface area contributed by atoms with Gasteiger partial charge in [-0.05, 0) is 24.1 Å². The third-order valence-electron chi connectivity index (χ3n) is 5.16. The monoisotopic (exact) mass is 434 g/mol. The zero-order valence-electron chi connectivity index (χ0n) is 18.2. The highest BCUT2D eigenvalue weighted by Crippen LogP contribution is 2.32. The van der Waals surface area contributed by atoms with Crippen LogP contribution in [-0.4, -0.2) is 47.3 Å². The van der Waals surface area contributed by atoms with E-state index < -0.39 is 0 Å². The van der Waals surface area contributed by atoms with Crippen molar-refractivity contribution in [2.24, 2.45) is 0 Å². The van der Waals surface area contributed by atoms with Crippen LogP contribution in [0.2, 0.25) is 0 Å². The Morgan fingerprint density at radius 2 is 2.07 bits per heavy atom. The van der Waals surface area contributed by atoms with Gasteiger partial charge in [0.05, 0.1) is 19.8 Å². The molecular weight excluding hydrogens is 402 g/mol. The van der Waals surface area contributed by atoms with E-state index in [1.165, 1.54) is 16.7 Å². The number of carbonyl (C=O) groups excluding carboxylic acids is 1. The molecule has 0 bridgehead atoms. The molecule has 1 amide bonds. The van der Waals surface area contributed by atoms with Crippen LogP contribution in [0.3, 0.4) is 0 Å². The Kier molecular flexibility index (Phi) is 7.98. The molecule has 1 aromatic carbocycles. The molecule has 1 aliphatic heterocycles. The number of thioether (sulfide) groups is 1. The first kappa shape index (κ1) is 22.4. The number of carbonyl (C=O) groups is 1. The number of rotatable bonds is 11. The number of aromatic nitrogens is 3. The minimum absolute atomic E-state index is 0.0328. The predicted octanol–water partition coefficient (Wildman–Crippen LogP) is 1.81. The molecule has 164 valence electrons. The maximum atomic E-state index is 12.4. The van der Waals surface area contributed by atoms with Crippen LogP contribution in [0.1, 0.15) is 50.5 Å². The highest BCUT2D eigenvalue weighted by molar-refractivity contribution is 7.99. The molecule has 0 saturated carbocycles. The van der Waals surface area contributed by atoms with E-state index in [2.05, 4.69) is 48.0 Å². The van der Waals surface area contributed by atoms with E-state index in [1.807, 2.05) is 18.2 Å². The second-order valence-corrected chi connectivity index (χ2v) is 8.58. The van der Waals surface area contributed by atoms with E-state index in [9.17, 15) is 4.79 Å². The fraction of sp³-hybridized carbons (Fsp3) is 0.571. The van der Waals surface area contributed by atoms with Gasteiger partial charge in [-0.15, -0.1) is 10.2 Å². The van der Waals surface area contributed by atoms with Crippen LogP contribution in [0.4, 0.5) is 0 Å². The highest BCUT2D eigenvalue weighted by atomic mass is 32.2. The summed E-state index contributed by atoms with van der Waals surface area (Å²) in [5.41, 5.74) is 0.978. The van der Waals surface area contributed by atoms with Crippen LogP contribution in [0.5, 0.6) is 11.5 Å². The number of nitrogens with zero attached hydrogens (tertiary/aromatic N) is 3. The van der Waals surface area contributed by atoms with Gasteiger partial charge in [0.15, 0.2) is 22.5 Å². The highest BCUT2D eigenvalue weighted by Gasteiger charge is 2.25. The smallest absolute Gasteiger partial charge is 0.231 e. The third kappa shape index (κ3) is 5.46. The molecule has 1 aromatic heterocycles. The Balaban J connectivity index is 1.58. The molecule has 1 aliphatic rings. The zero-order valence-corrected chi connectivity index (χ0v) is 19.1. The molecule has 0 saturated heterocycles. The molecule has 0 fully saturated rings. The van der Waals surface area contributed by atoms with Crippen LogP contribution < -0.4 is 19.7 Å². The summed E-state index contributed by atoms with van der Waals surface area (Å²) >= 11 is 1.44. The Morgan fingerprint density at radius 3 is 2.80 bits per heavy atom. The quantitative estimate of drug-likeness (QED) is 0.525. The fourth-order valence-electron chi connectivity index (χ4n) is 3.47. The normalized spacial score (nSPS) is 13.6. The van der Waals surface area contributed by atoms with Crippen molar-refractivity contribution in [1.82, 2.24) is 20.1 Å². The molecule has 3 rings (SSSR count). The largest absolute Gasteiger partial charge is 0.454 e. The summed E-state index contributed by atoms with van der Waals surface area (Å²) in [6.45, 7) is 5.92. The van der Waals surface area contributed by atoms with E-state index in [4.69, 9.17) is 9.47 Å². The van der Waals surface area contributed by atoms with Crippen molar-refractivity contribution < 1.29 is 19.2 Å². The Morgan fingerprint density at radius 1 is 1.27 bits per heavy atom. The molecule has 30 heavy (non-hydrogen) atoms. The maximum Gasteiger partial charge on any atom is 0.231 e. The summed E-state index contributed by atoms with van der Waals surface area (Å²) in [5.74, 6) is 2.75. The molecule has 2 heterocycles. The molecule has 0 radical (unpaired) electrons. The number of benzene rings is 1. The lowest BCUT2D eigenvalue weighted by molar-refractivity contribution is -0.893. The summed E-state index contributed by atoms with van der Waals surface area (Å²) in [5, 5.41) is 12.7. The Hall–Kier alpha value is -2.26. The van der Waals surface area contributed by atoms with Crippen LogP contribution in [0.15, 0.2) is 23.4 Å². The number of hydrogen-bond acceptors (Lipinski definition) is 6. The molecular formula is C21H32N5O3S+. The number of quaternary nitrogens is 1. The third-order valence-corrected chi connectivity index (χ3v) is 6.12. The second-order valence-electron chi connectivity index (χ2n) is 7.64. The number of unbranched alkanes of at least 4 members (excludes halogenated alkanes) is 1. The lowest BCUT2D eigenvalue weighted by atomic mass is 10.2. The average molecular weight is 435 g/mol. The van der Waals surface area contributed by atoms with Gasteiger partial charge in [-0.1, -0.05) is 38.1 Å². The van der Waals surface area contributed by atoms with E-state index in [0.717, 1.165) is 53.9 Å². The van der Waals surface area contributed by atoms with Crippen LogP contribution >= 0.6 is 11.8 Å². The van der Waals surface area contributed by atoms with E-state index >= 15 is 0 Å². The van der Waals surface area contributed by atoms with E-state index in [1.54, 1.807) is 0 Å². The second kappa shape index (κ2) is 10.7. The molecule has 1 atom stereocenters. The van der Waals surface area contributed by atoms with Gasteiger partial charge in [0, 0.05) is 19.5 Å². The fourth-order valence-corrected chi connectivity index (χ4v) is 4.27.